The zero-order chi connectivity index (χ0) is 22.5. The molecule has 0 saturated heterocycles. The molecule has 0 aliphatic rings. The third kappa shape index (κ3) is 10.4. The average molecular weight is 556 g/mol. The van der Waals surface area contributed by atoms with Crippen molar-refractivity contribution in [1.82, 2.24) is 20.4 Å². The fraction of sp³-hybridized carbons (Fsp3) is 0.522. The van der Waals surface area contributed by atoms with E-state index >= 15 is 0 Å². The van der Waals surface area contributed by atoms with Crippen LogP contribution in [0.5, 0.6) is 0 Å². The molecule has 9 heteroatoms. The zero-order valence-electron chi connectivity index (χ0n) is 19.5. The summed E-state index contributed by atoms with van der Waals surface area (Å²) in [7, 11) is 0. The molecule has 3 N–H and O–H groups in total. The normalized spacial score (nSPS) is 12.2. The Labute approximate surface area is 208 Å². The summed E-state index contributed by atoms with van der Waals surface area (Å²) in [5, 5.41) is 13.6. The number of hydrogen-bond acceptors (Lipinski definition) is 4. The Balaban J connectivity index is 0.00000512. The number of aliphatic imine (C=N–C) groups is 1. The molecule has 1 unspecified atom stereocenters. The molecule has 8 nitrogen and oxygen atoms in total. The Morgan fingerprint density at radius 3 is 2.69 bits per heavy atom. The number of benzene rings is 1. The summed E-state index contributed by atoms with van der Waals surface area (Å²) in [4.78, 5) is 16.9. The standard InChI is InChI=1S/C23H36N6O2.HI/c1-5-24-23(25-13-11-21(18(3)4)31-6-2)26-16-19-9-7-10-20(15-19)28-22(30)17-29-14-8-12-27-29;/h7-10,12,14-15,18,21H,5-6,11,13,16-17H2,1-4H3,(H,28,30)(H2,24,25,26);1H. The van der Waals surface area contributed by atoms with E-state index in [0.717, 1.165) is 43.3 Å². The van der Waals surface area contributed by atoms with Crippen LogP contribution in [0.4, 0.5) is 5.69 Å². The predicted octanol–water partition coefficient (Wildman–Crippen LogP) is 3.65. The molecule has 0 spiro atoms. The molecule has 0 bridgehead atoms. The van der Waals surface area contributed by atoms with Gasteiger partial charge in [-0.25, -0.2) is 4.99 Å². The number of carbonyl (C=O) groups excluding carboxylic acids is 1. The Kier molecular flexibility index (Phi) is 13.6. The van der Waals surface area contributed by atoms with Crippen molar-refractivity contribution in [3.8, 4) is 0 Å². The summed E-state index contributed by atoms with van der Waals surface area (Å²) in [6.45, 7) is 11.4. The van der Waals surface area contributed by atoms with Gasteiger partial charge in [-0.1, -0.05) is 26.0 Å². The SMILES string of the molecule is CCNC(=NCc1cccc(NC(=O)Cn2cccn2)c1)NCCC(OCC)C(C)C.I. The average Bonchev–Trinajstić information content (AvgIpc) is 3.24. The first-order valence-electron chi connectivity index (χ1n) is 11.0. The Bertz CT molecular complexity index is 811. The molecule has 1 aromatic carbocycles. The van der Waals surface area contributed by atoms with E-state index in [1.165, 1.54) is 0 Å². The highest BCUT2D eigenvalue weighted by Crippen LogP contribution is 2.12. The Morgan fingerprint density at radius 1 is 1.22 bits per heavy atom. The number of anilines is 1. The van der Waals surface area contributed by atoms with E-state index in [2.05, 4.69) is 39.9 Å². The van der Waals surface area contributed by atoms with Crippen molar-refractivity contribution >= 4 is 41.5 Å². The minimum absolute atomic E-state index is 0. The van der Waals surface area contributed by atoms with Gasteiger partial charge in [-0.15, -0.1) is 24.0 Å². The first kappa shape index (κ1) is 27.9. The molecule has 2 rings (SSSR count). The summed E-state index contributed by atoms with van der Waals surface area (Å²) in [5.74, 6) is 1.13. The van der Waals surface area contributed by atoms with Crippen LogP contribution < -0.4 is 16.0 Å². The molecule has 0 saturated carbocycles. The second-order valence-electron chi connectivity index (χ2n) is 7.60. The van der Waals surface area contributed by atoms with Crippen LogP contribution >= 0.6 is 24.0 Å². The van der Waals surface area contributed by atoms with Crippen LogP contribution in [0.1, 0.15) is 39.7 Å². The molecule has 1 amide bonds. The lowest BCUT2D eigenvalue weighted by Crippen LogP contribution is -2.39. The molecule has 0 radical (unpaired) electrons. The number of nitrogens with one attached hydrogen (secondary N) is 3. The lowest BCUT2D eigenvalue weighted by Gasteiger charge is -2.21. The molecule has 0 aliphatic heterocycles. The minimum Gasteiger partial charge on any atom is -0.378 e. The number of rotatable bonds is 12. The molecule has 1 aromatic heterocycles. The smallest absolute Gasteiger partial charge is 0.246 e. The number of aromatic nitrogens is 2. The van der Waals surface area contributed by atoms with Crippen LogP contribution in [0.15, 0.2) is 47.7 Å². The van der Waals surface area contributed by atoms with Crippen molar-refractivity contribution in [3.63, 3.8) is 0 Å². The van der Waals surface area contributed by atoms with Gasteiger partial charge in [0.25, 0.3) is 0 Å². The fourth-order valence-electron chi connectivity index (χ4n) is 3.16. The largest absolute Gasteiger partial charge is 0.378 e. The summed E-state index contributed by atoms with van der Waals surface area (Å²) in [5.41, 5.74) is 1.77. The Hall–Kier alpha value is -2.14. The maximum atomic E-state index is 12.2. The van der Waals surface area contributed by atoms with Crippen LogP contribution in [-0.2, 0) is 22.6 Å². The van der Waals surface area contributed by atoms with E-state index in [0.29, 0.717) is 12.5 Å². The van der Waals surface area contributed by atoms with Gasteiger partial charge in [-0.2, -0.15) is 5.10 Å². The maximum absolute atomic E-state index is 12.2. The van der Waals surface area contributed by atoms with E-state index in [9.17, 15) is 4.79 Å². The van der Waals surface area contributed by atoms with Crippen LogP contribution in [0, 0.1) is 5.92 Å². The molecule has 178 valence electrons. The number of guanidine groups is 1. The summed E-state index contributed by atoms with van der Waals surface area (Å²) in [6, 6.07) is 9.53. The van der Waals surface area contributed by atoms with E-state index < -0.39 is 0 Å². The zero-order valence-corrected chi connectivity index (χ0v) is 21.8. The van der Waals surface area contributed by atoms with Gasteiger partial charge in [0, 0.05) is 37.8 Å². The number of halogens is 1. The van der Waals surface area contributed by atoms with Crippen LogP contribution in [0.3, 0.4) is 0 Å². The predicted molar refractivity (Wildman–Crippen MR) is 140 cm³/mol. The second kappa shape index (κ2) is 15.6. The lowest BCUT2D eigenvalue weighted by molar-refractivity contribution is -0.116. The topological polar surface area (TPSA) is 92.6 Å². The summed E-state index contributed by atoms with van der Waals surface area (Å²) in [6.07, 6.45) is 4.58. The number of carbonyl (C=O) groups is 1. The lowest BCUT2D eigenvalue weighted by atomic mass is 10.0. The maximum Gasteiger partial charge on any atom is 0.246 e. The monoisotopic (exact) mass is 556 g/mol. The number of nitrogens with zero attached hydrogens (tertiary/aromatic N) is 3. The van der Waals surface area contributed by atoms with Gasteiger partial charge >= 0.3 is 0 Å². The quantitative estimate of drug-likeness (QED) is 0.211. The first-order chi connectivity index (χ1) is 15.0. The number of amides is 1. The Morgan fingerprint density at radius 2 is 2.03 bits per heavy atom. The van der Waals surface area contributed by atoms with Gasteiger partial charge < -0.3 is 20.7 Å². The summed E-state index contributed by atoms with van der Waals surface area (Å²) >= 11 is 0. The molecule has 32 heavy (non-hydrogen) atoms. The van der Waals surface area contributed by atoms with Crippen LogP contribution in [0.25, 0.3) is 0 Å². The van der Waals surface area contributed by atoms with Crippen molar-refractivity contribution in [2.45, 2.75) is 53.3 Å². The van der Waals surface area contributed by atoms with Gasteiger partial charge in [0.05, 0.1) is 12.6 Å². The van der Waals surface area contributed by atoms with E-state index in [4.69, 9.17) is 4.74 Å². The molecule has 1 heterocycles. The molecule has 0 aliphatic carbocycles. The van der Waals surface area contributed by atoms with Crippen molar-refractivity contribution in [2.24, 2.45) is 10.9 Å². The second-order valence-corrected chi connectivity index (χ2v) is 7.60. The molecule has 2 aromatic rings. The fourth-order valence-corrected chi connectivity index (χ4v) is 3.16. The molecular formula is C23H37IN6O2. The van der Waals surface area contributed by atoms with Crippen LogP contribution in [0.2, 0.25) is 0 Å². The molecule has 0 fully saturated rings. The van der Waals surface area contributed by atoms with Crippen LogP contribution in [-0.4, -0.2) is 47.4 Å². The van der Waals surface area contributed by atoms with E-state index in [-0.39, 0.29) is 42.5 Å². The highest BCUT2D eigenvalue weighted by molar-refractivity contribution is 14.0. The highest BCUT2D eigenvalue weighted by Gasteiger charge is 2.13. The summed E-state index contributed by atoms with van der Waals surface area (Å²) < 4.78 is 7.40. The van der Waals surface area contributed by atoms with Gasteiger partial charge in [0.15, 0.2) is 5.96 Å². The van der Waals surface area contributed by atoms with Crippen molar-refractivity contribution in [1.29, 1.82) is 0 Å². The van der Waals surface area contributed by atoms with E-state index in [1.807, 2.05) is 38.1 Å². The van der Waals surface area contributed by atoms with Gasteiger partial charge in [-0.3, -0.25) is 9.48 Å². The van der Waals surface area contributed by atoms with Crippen molar-refractivity contribution in [2.75, 3.05) is 25.0 Å². The van der Waals surface area contributed by atoms with Gasteiger partial charge in [0.1, 0.15) is 6.54 Å². The number of hydrogen-bond donors (Lipinski definition) is 3. The van der Waals surface area contributed by atoms with Crippen molar-refractivity contribution < 1.29 is 9.53 Å². The third-order valence-electron chi connectivity index (χ3n) is 4.69. The highest BCUT2D eigenvalue weighted by atomic mass is 127. The van der Waals surface area contributed by atoms with Crippen molar-refractivity contribution in [3.05, 3.63) is 48.3 Å². The van der Waals surface area contributed by atoms with Gasteiger partial charge in [0.2, 0.25) is 5.91 Å². The van der Waals surface area contributed by atoms with E-state index in [1.54, 1.807) is 23.1 Å². The molecular weight excluding hydrogens is 519 g/mol. The number of ether oxygens (including phenoxy) is 1. The first-order valence-corrected chi connectivity index (χ1v) is 11.0. The van der Waals surface area contributed by atoms with Gasteiger partial charge in [-0.05, 0) is 49.9 Å². The molecule has 1 atom stereocenters. The minimum atomic E-state index is -0.117. The third-order valence-corrected chi connectivity index (χ3v) is 4.69.